The highest BCUT2D eigenvalue weighted by molar-refractivity contribution is 5.74. The van der Waals surface area contributed by atoms with E-state index in [2.05, 4.69) is 37.9 Å². The molecule has 3 aliphatic rings. The number of hydrogen-bond donors (Lipinski definition) is 2. The minimum atomic E-state index is -0.0103. The number of carbonyl (C=O) groups excluding carboxylic acids is 1. The van der Waals surface area contributed by atoms with Gasteiger partial charge in [0.05, 0.1) is 5.69 Å². The summed E-state index contributed by atoms with van der Waals surface area (Å²) in [7, 11) is 0. The molecule has 1 aliphatic heterocycles. The van der Waals surface area contributed by atoms with Crippen LogP contribution in [0.3, 0.4) is 0 Å². The molecule has 2 aliphatic carbocycles. The van der Waals surface area contributed by atoms with Gasteiger partial charge < -0.3 is 15.5 Å². The van der Waals surface area contributed by atoms with Gasteiger partial charge in [-0.25, -0.2) is 4.79 Å². The summed E-state index contributed by atoms with van der Waals surface area (Å²) >= 11 is 0. The van der Waals surface area contributed by atoms with Crippen LogP contribution in [0.15, 0.2) is 12.1 Å². The first-order valence-electron chi connectivity index (χ1n) is 8.91. The number of nitrogens with one attached hydrogen (secondary N) is 2. The third kappa shape index (κ3) is 3.57. The number of aromatic nitrogens is 2. The molecule has 0 radical (unpaired) electrons. The Morgan fingerprint density at radius 3 is 2.57 bits per heavy atom. The normalized spacial score (nSPS) is 22.0. The lowest BCUT2D eigenvalue weighted by Crippen LogP contribution is -2.53. The van der Waals surface area contributed by atoms with E-state index in [1.165, 1.54) is 25.7 Å². The molecule has 0 bridgehead atoms. The average molecular weight is 315 g/mol. The quantitative estimate of drug-likeness (QED) is 0.872. The van der Waals surface area contributed by atoms with Gasteiger partial charge in [-0.15, -0.1) is 5.10 Å². The van der Waals surface area contributed by atoms with E-state index < -0.39 is 0 Å². The lowest BCUT2D eigenvalue weighted by molar-refractivity contribution is 0.233. The number of rotatable bonds is 5. The summed E-state index contributed by atoms with van der Waals surface area (Å²) in [5.74, 6) is 2.12. The highest BCUT2D eigenvalue weighted by Crippen LogP contribution is 2.38. The summed E-state index contributed by atoms with van der Waals surface area (Å²) in [6.45, 7) is 2.63. The molecule has 0 aromatic carbocycles. The minimum absolute atomic E-state index is 0.0103. The van der Waals surface area contributed by atoms with Gasteiger partial charge >= 0.3 is 6.03 Å². The molecular formula is C17H25N5O. The van der Waals surface area contributed by atoms with Gasteiger partial charge in [0.1, 0.15) is 0 Å². The molecule has 3 fully saturated rings. The molecule has 1 saturated heterocycles. The Morgan fingerprint density at radius 1 is 1.13 bits per heavy atom. The molecular weight excluding hydrogens is 290 g/mol. The standard InChI is InChI=1S/C17H25N5O/c23-17(19-14-3-1-2-4-14)18-9-12-10-22(11-12)16-8-7-15(20-21-16)13-5-6-13/h7-8,12-14H,1-6,9-11H2,(H2,18,19,23). The van der Waals surface area contributed by atoms with Crippen molar-refractivity contribution in [1.82, 2.24) is 20.8 Å². The van der Waals surface area contributed by atoms with Crippen LogP contribution in [0, 0.1) is 5.92 Å². The van der Waals surface area contributed by atoms with E-state index in [0.717, 1.165) is 44.0 Å². The number of amides is 2. The third-order valence-corrected chi connectivity index (χ3v) is 5.19. The molecule has 2 N–H and O–H groups in total. The molecule has 0 atom stereocenters. The van der Waals surface area contributed by atoms with Gasteiger partial charge in [-0.2, -0.15) is 5.10 Å². The topological polar surface area (TPSA) is 70.2 Å². The number of anilines is 1. The van der Waals surface area contributed by atoms with E-state index in [4.69, 9.17) is 0 Å². The van der Waals surface area contributed by atoms with Crippen molar-refractivity contribution in [3.05, 3.63) is 17.8 Å². The monoisotopic (exact) mass is 315 g/mol. The van der Waals surface area contributed by atoms with E-state index in [1.54, 1.807) is 0 Å². The van der Waals surface area contributed by atoms with Crippen molar-refractivity contribution in [2.45, 2.75) is 50.5 Å². The third-order valence-electron chi connectivity index (χ3n) is 5.19. The van der Waals surface area contributed by atoms with Crippen LogP contribution in [0.1, 0.15) is 50.1 Å². The van der Waals surface area contributed by atoms with Crippen LogP contribution in [-0.2, 0) is 0 Å². The lowest BCUT2D eigenvalue weighted by atomic mass is 10.0. The van der Waals surface area contributed by atoms with Crippen LogP contribution in [-0.4, -0.2) is 41.9 Å². The Kier molecular flexibility index (Phi) is 4.06. The number of hydrogen-bond acceptors (Lipinski definition) is 4. The Hall–Kier alpha value is -1.85. The van der Waals surface area contributed by atoms with Gasteiger partial charge in [0, 0.05) is 37.5 Å². The fourth-order valence-electron chi connectivity index (χ4n) is 3.53. The molecule has 2 saturated carbocycles. The van der Waals surface area contributed by atoms with Crippen molar-refractivity contribution in [3.63, 3.8) is 0 Å². The molecule has 4 rings (SSSR count). The summed E-state index contributed by atoms with van der Waals surface area (Å²) in [5.41, 5.74) is 1.14. The van der Waals surface area contributed by atoms with Crippen LogP contribution in [0.2, 0.25) is 0 Å². The van der Waals surface area contributed by atoms with Crippen LogP contribution in [0.4, 0.5) is 10.6 Å². The Bertz CT molecular complexity index is 545. The first-order chi connectivity index (χ1) is 11.3. The predicted octanol–water partition coefficient (Wildman–Crippen LogP) is 2.03. The van der Waals surface area contributed by atoms with Crippen LogP contribution in [0.25, 0.3) is 0 Å². The predicted molar refractivity (Wildman–Crippen MR) is 88.5 cm³/mol. The Morgan fingerprint density at radius 2 is 1.91 bits per heavy atom. The van der Waals surface area contributed by atoms with E-state index in [0.29, 0.717) is 17.9 Å². The largest absolute Gasteiger partial charge is 0.354 e. The van der Waals surface area contributed by atoms with Crippen molar-refractivity contribution >= 4 is 11.8 Å². The maximum Gasteiger partial charge on any atom is 0.315 e. The first kappa shape index (κ1) is 14.7. The fraction of sp³-hybridized carbons (Fsp3) is 0.706. The highest BCUT2D eigenvalue weighted by Gasteiger charge is 2.30. The SMILES string of the molecule is O=C(NCC1CN(c2ccc(C3CC3)nn2)C1)NC1CCCC1. The molecule has 6 nitrogen and oxygen atoms in total. The molecule has 2 amide bonds. The van der Waals surface area contributed by atoms with Crippen molar-refractivity contribution in [2.75, 3.05) is 24.5 Å². The molecule has 124 valence electrons. The molecule has 2 heterocycles. The maximum absolute atomic E-state index is 11.8. The zero-order valence-electron chi connectivity index (χ0n) is 13.5. The highest BCUT2D eigenvalue weighted by atomic mass is 16.2. The van der Waals surface area contributed by atoms with Crippen LogP contribution >= 0.6 is 0 Å². The smallest absolute Gasteiger partial charge is 0.315 e. The molecule has 6 heteroatoms. The van der Waals surface area contributed by atoms with Gasteiger partial charge in [0.2, 0.25) is 0 Å². The van der Waals surface area contributed by atoms with Crippen molar-refractivity contribution < 1.29 is 4.79 Å². The van der Waals surface area contributed by atoms with E-state index in [1.807, 2.05) is 0 Å². The fourth-order valence-corrected chi connectivity index (χ4v) is 3.53. The molecule has 1 aromatic heterocycles. The zero-order chi connectivity index (χ0) is 15.6. The second-order valence-electron chi connectivity index (χ2n) is 7.20. The van der Waals surface area contributed by atoms with Gasteiger partial charge in [-0.1, -0.05) is 12.8 Å². The second-order valence-corrected chi connectivity index (χ2v) is 7.20. The number of urea groups is 1. The van der Waals surface area contributed by atoms with E-state index in [9.17, 15) is 4.79 Å². The summed E-state index contributed by atoms with van der Waals surface area (Å²) in [4.78, 5) is 14.1. The molecule has 0 unspecified atom stereocenters. The van der Waals surface area contributed by atoms with Crippen molar-refractivity contribution in [1.29, 1.82) is 0 Å². The Balaban J connectivity index is 1.17. The van der Waals surface area contributed by atoms with Crippen molar-refractivity contribution in [3.8, 4) is 0 Å². The van der Waals surface area contributed by atoms with Gasteiger partial charge in [-0.3, -0.25) is 0 Å². The second kappa shape index (κ2) is 6.34. The summed E-state index contributed by atoms with van der Waals surface area (Å²) in [6.07, 6.45) is 7.25. The molecule has 0 spiro atoms. The zero-order valence-corrected chi connectivity index (χ0v) is 13.5. The summed E-state index contributed by atoms with van der Waals surface area (Å²) in [6, 6.07) is 4.56. The summed E-state index contributed by atoms with van der Waals surface area (Å²) < 4.78 is 0. The average Bonchev–Trinajstić information content (AvgIpc) is 3.25. The van der Waals surface area contributed by atoms with Gasteiger partial charge in [-0.05, 0) is 37.8 Å². The number of nitrogens with zero attached hydrogens (tertiary/aromatic N) is 3. The molecule has 23 heavy (non-hydrogen) atoms. The number of carbonyl (C=O) groups is 1. The maximum atomic E-state index is 11.8. The van der Waals surface area contributed by atoms with Crippen LogP contribution < -0.4 is 15.5 Å². The Labute approximate surface area is 137 Å². The van der Waals surface area contributed by atoms with E-state index in [-0.39, 0.29) is 6.03 Å². The summed E-state index contributed by atoms with van der Waals surface area (Å²) in [5, 5.41) is 14.7. The van der Waals surface area contributed by atoms with Gasteiger partial charge in [0.15, 0.2) is 5.82 Å². The van der Waals surface area contributed by atoms with Crippen LogP contribution in [0.5, 0.6) is 0 Å². The molecule has 1 aromatic rings. The van der Waals surface area contributed by atoms with Crippen molar-refractivity contribution in [2.24, 2.45) is 5.92 Å². The minimum Gasteiger partial charge on any atom is -0.354 e. The van der Waals surface area contributed by atoms with E-state index >= 15 is 0 Å². The van der Waals surface area contributed by atoms with Gasteiger partial charge in [0.25, 0.3) is 0 Å². The lowest BCUT2D eigenvalue weighted by Gasteiger charge is -2.40. The first-order valence-corrected chi connectivity index (χ1v) is 8.91.